The third-order valence-corrected chi connectivity index (χ3v) is 6.83. The summed E-state index contributed by atoms with van der Waals surface area (Å²) >= 11 is 5.70. The van der Waals surface area contributed by atoms with Crippen LogP contribution in [0.3, 0.4) is 0 Å². The highest BCUT2D eigenvalue weighted by molar-refractivity contribution is 6.30. The Hall–Kier alpha value is -1.62. The predicted octanol–water partition coefficient (Wildman–Crippen LogP) is 4.53. The zero-order valence-corrected chi connectivity index (χ0v) is 16.2. The molecular formula is C21H26ClFN2O2. The van der Waals surface area contributed by atoms with Gasteiger partial charge in [-0.15, -0.1) is 0 Å². The zero-order valence-electron chi connectivity index (χ0n) is 15.4. The summed E-state index contributed by atoms with van der Waals surface area (Å²) < 4.78 is 13.7. The molecule has 2 amide bonds. The molecule has 5 rings (SSSR count). The van der Waals surface area contributed by atoms with E-state index < -0.39 is 5.82 Å². The van der Waals surface area contributed by atoms with Gasteiger partial charge >= 0.3 is 0 Å². The number of anilines is 1. The number of carbonyl (C=O) groups is 2. The summed E-state index contributed by atoms with van der Waals surface area (Å²) in [6.45, 7) is 0.483. The molecule has 0 aromatic heterocycles. The maximum absolute atomic E-state index is 13.7. The second kappa shape index (κ2) is 7.42. The molecule has 0 saturated heterocycles. The molecule has 1 aromatic rings. The lowest BCUT2D eigenvalue weighted by atomic mass is 9.49. The minimum Gasteiger partial charge on any atom is -0.356 e. The number of benzene rings is 1. The first-order chi connectivity index (χ1) is 12.9. The molecule has 0 spiro atoms. The van der Waals surface area contributed by atoms with Crippen molar-refractivity contribution in [3.05, 3.63) is 29.0 Å². The number of amides is 2. The lowest BCUT2D eigenvalue weighted by Crippen LogP contribution is -2.53. The summed E-state index contributed by atoms with van der Waals surface area (Å²) in [7, 11) is 0. The van der Waals surface area contributed by atoms with Gasteiger partial charge in [0.2, 0.25) is 11.8 Å². The second-order valence-electron chi connectivity index (χ2n) is 8.73. The highest BCUT2D eigenvalue weighted by Gasteiger charge is 2.54. The zero-order chi connectivity index (χ0) is 19.0. The maximum atomic E-state index is 13.7. The van der Waals surface area contributed by atoms with Crippen LogP contribution in [-0.4, -0.2) is 18.4 Å². The number of hydrogen-bond acceptors (Lipinski definition) is 2. The summed E-state index contributed by atoms with van der Waals surface area (Å²) in [6.07, 6.45) is 7.85. The molecule has 4 aliphatic rings. The van der Waals surface area contributed by atoms with E-state index in [1.165, 1.54) is 37.5 Å². The number of rotatable bonds is 6. The van der Waals surface area contributed by atoms with Gasteiger partial charge in [0.15, 0.2) is 0 Å². The van der Waals surface area contributed by atoms with Crippen molar-refractivity contribution in [2.45, 2.75) is 51.4 Å². The van der Waals surface area contributed by atoms with Crippen LogP contribution in [-0.2, 0) is 9.59 Å². The van der Waals surface area contributed by atoms with Gasteiger partial charge in [-0.3, -0.25) is 9.59 Å². The van der Waals surface area contributed by atoms with Crippen LogP contribution in [0.15, 0.2) is 18.2 Å². The summed E-state index contributed by atoms with van der Waals surface area (Å²) in [5.74, 6) is 1.59. The molecule has 1 aromatic carbocycles. The SMILES string of the molecule is O=C(CCCNC(=O)C12CC3CC(CC(C3)C1)C2)Nc1ccc(Cl)cc1F. The molecule has 146 valence electrons. The monoisotopic (exact) mass is 392 g/mol. The minimum atomic E-state index is -0.550. The van der Waals surface area contributed by atoms with Gasteiger partial charge in [0.25, 0.3) is 0 Å². The van der Waals surface area contributed by atoms with E-state index in [4.69, 9.17) is 11.6 Å². The third kappa shape index (κ3) is 3.98. The lowest BCUT2D eigenvalue weighted by molar-refractivity contribution is -0.146. The Kier molecular flexibility index (Phi) is 5.15. The van der Waals surface area contributed by atoms with Gasteiger partial charge < -0.3 is 10.6 Å². The Balaban J connectivity index is 1.22. The Morgan fingerprint density at radius 3 is 2.33 bits per heavy atom. The number of halogens is 2. The molecule has 0 aliphatic heterocycles. The normalized spacial score (nSPS) is 31.0. The van der Waals surface area contributed by atoms with E-state index in [1.54, 1.807) is 0 Å². The molecule has 0 radical (unpaired) electrons. The molecule has 4 aliphatic carbocycles. The van der Waals surface area contributed by atoms with Crippen LogP contribution in [0.5, 0.6) is 0 Å². The summed E-state index contributed by atoms with van der Waals surface area (Å²) in [6, 6.07) is 4.15. The smallest absolute Gasteiger partial charge is 0.226 e. The molecule has 2 N–H and O–H groups in total. The number of nitrogens with one attached hydrogen (secondary N) is 2. The van der Waals surface area contributed by atoms with Crippen LogP contribution in [0, 0.1) is 29.0 Å². The first-order valence-corrected chi connectivity index (χ1v) is 10.3. The Morgan fingerprint density at radius 1 is 1.11 bits per heavy atom. The fourth-order valence-electron chi connectivity index (χ4n) is 5.83. The van der Waals surface area contributed by atoms with E-state index in [0.29, 0.717) is 13.0 Å². The fourth-order valence-corrected chi connectivity index (χ4v) is 5.99. The largest absolute Gasteiger partial charge is 0.356 e. The summed E-state index contributed by atoms with van der Waals surface area (Å²) in [5.41, 5.74) is -0.0225. The standard InChI is InChI=1S/C21H26ClFN2O2/c22-16-3-4-18(17(23)9-16)25-19(26)2-1-5-24-20(27)21-10-13-6-14(11-21)8-15(7-13)12-21/h3-4,9,13-15H,1-2,5-8,10-12H2,(H,24,27)(H,25,26). The Morgan fingerprint density at radius 2 is 1.74 bits per heavy atom. The van der Waals surface area contributed by atoms with Crippen molar-refractivity contribution in [1.29, 1.82) is 0 Å². The van der Waals surface area contributed by atoms with Gasteiger partial charge in [-0.2, -0.15) is 0 Å². The van der Waals surface area contributed by atoms with Crippen LogP contribution < -0.4 is 10.6 Å². The minimum absolute atomic E-state index is 0.127. The van der Waals surface area contributed by atoms with Gasteiger partial charge in [0.1, 0.15) is 5.82 Å². The Bertz CT molecular complexity index is 716. The van der Waals surface area contributed by atoms with Gasteiger partial charge in [0.05, 0.1) is 5.69 Å². The summed E-state index contributed by atoms with van der Waals surface area (Å²) in [5, 5.41) is 5.91. The average Bonchev–Trinajstić information content (AvgIpc) is 2.60. The molecule has 4 saturated carbocycles. The maximum Gasteiger partial charge on any atom is 0.226 e. The van der Waals surface area contributed by atoms with Crippen molar-refractivity contribution in [3.63, 3.8) is 0 Å². The Labute approximate surface area is 164 Å². The quantitative estimate of drug-likeness (QED) is 0.699. The van der Waals surface area contributed by atoms with E-state index in [9.17, 15) is 14.0 Å². The van der Waals surface area contributed by atoms with Crippen molar-refractivity contribution in [3.8, 4) is 0 Å². The molecule has 0 unspecified atom stereocenters. The van der Waals surface area contributed by atoms with Gasteiger partial charge in [-0.25, -0.2) is 4.39 Å². The van der Waals surface area contributed by atoms with Crippen molar-refractivity contribution >= 4 is 29.1 Å². The van der Waals surface area contributed by atoms with E-state index in [-0.39, 0.29) is 34.4 Å². The van der Waals surface area contributed by atoms with E-state index >= 15 is 0 Å². The van der Waals surface area contributed by atoms with Crippen LogP contribution >= 0.6 is 11.6 Å². The van der Waals surface area contributed by atoms with Crippen molar-refractivity contribution in [1.82, 2.24) is 5.32 Å². The average molecular weight is 393 g/mol. The van der Waals surface area contributed by atoms with Gasteiger partial charge in [-0.05, 0) is 80.9 Å². The lowest BCUT2D eigenvalue weighted by Gasteiger charge is -2.55. The van der Waals surface area contributed by atoms with E-state index in [1.807, 2.05) is 0 Å². The highest BCUT2D eigenvalue weighted by atomic mass is 35.5. The molecule has 0 heterocycles. The van der Waals surface area contributed by atoms with Crippen molar-refractivity contribution in [2.24, 2.45) is 23.2 Å². The third-order valence-electron chi connectivity index (χ3n) is 6.59. The van der Waals surface area contributed by atoms with Crippen LogP contribution in [0.25, 0.3) is 0 Å². The van der Waals surface area contributed by atoms with Crippen LogP contribution in [0.1, 0.15) is 51.4 Å². The van der Waals surface area contributed by atoms with Crippen molar-refractivity contribution in [2.75, 3.05) is 11.9 Å². The first kappa shape index (κ1) is 18.7. The topological polar surface area (TPSA) is 58.2 Å². The second-order valence-corrected chi connectivity index (χ2v) is 9.17. The van der Waals surface area contributed by atoms with Crippen LogP contribution in [0.4, 0.5) is 10.1 Å². The van der Waals surface area contributed by atoms with E-state index in [0.717, 1.165) is 37.0 Å². The molecular weight excluding hydrogens is 367 g/mol. The summed E-state index contributed by atoms with van der Waals surface area (Å²) in [4.78, 5) is 24.8. The fraction of sp³-hybridized carbons (Fsp3) is 0.619. The predicted molar refractivity (Wildman–Crippen MR) is 103 cm³/mol. The van der Waals surface area contributed by atoms with Crippen molar-refractivity contribution < 1.29 is 14.0 Å². The molecule has 6 heteroatoms. The number of hydrogen-bond donors (Lipinski definition) is 2. The molecule has 27 heavy (non-hydrogen) atoms. The molecule has 4 fully saturated rings. The molecule has 4 bridgehead atoms. The highest BCUT2D eigenvalue weighted by Crippen LogP contribution is 2.60. The van der Waals surface area contributed by atoms with Gasteiger partial charge in [-0.1, -0.05) is 11.6 Å². The first-order valence-electron chi connectivity index (χ1n) is 9.97. The molecule has 0 atom stereocenters. The number of carbonyl (C=O) groups excluding carboxylic acids is 2. The molecule has 4 nitrogen and oxygen atoms in total. The van der Waals surface area contributed by atoms with Gasteiger partial charge in [0, 0.05) is 23.4 Å². The van der Waals surface area contributed by atoms with Crippen LogP contribution in [0.2, 0.25) is 5.02 Å². The van der Waals surface area contributed by atoms with E-state index in [2.05, 4.69) is 10.6 Å².